The Morgan fingerprint density at radius 2 is 1.79 bits per heavy atom. The van der Waals surface area contributed by atoms with Crippen molar-refractivity contribution in [1.82, 2.24) is 9.88 Å². The van der Waals surface area contributed by atoms with Gasteiger partial charge in [-0.25, -0.2) is 14.6 Å². The Morgan fingerprint density at radius 1 is 1.06 bits per heavy atom. The number of carboxylic acid groups (broad SMARTS) is 1. The SMILES string of the molecule is O=C(O)c1c(OC(=O)N2CCOCC2)c(Cc2ccc(Cl)cc2)nc2c3c(ccc12)CCCC3. The number of ether oxygens (including phenoxy) is 2. The van der Waals surface area contributed by atoms with Crippen molar-refractivity contribution in [3.05, 3.63) is 69.4 Å². The molecule has 0 saturated carbocycles. The first kappa shape index (κ1) is 22.6. The predicted molar refractivity (Wildman–Crippen MR) is 128 cm³/mol. The number of halogens is 1. The number of carbonyl (C=O) groups excluding carboxylic acids is 1. The number of fused-ring (bicyclic) bond motifs is 3. The van der Waals surface area contributed by atoms with Crippen LogP contribution in [0.4, 0.5) is 4.79 Å². The Hall–Kier alpha value is -3.16. The largest absolute Gasteiger partial charge is 0.478 e. The first-order valence-corrected chi connectivity index (χ1v) is 11.9. The zero-order valence-corrected chi connectivity index (χ0v) is 19.4. The van der Waals surface area contributed by atoms with E-state index in [0.29, 0.717) is 54.3 Å². The number of carboxylic acids is 1. The van der Waals surface area contributed by atoms with E-state index in [1.54, 1.807) is 18.2 Å². The summed E-state index contributed by atoms with van der Waals surface area (Å²) in [5.74, 6) is -1.15. The van der Waals surface area contributed by atoms with Crippen LogP contribution in [0, 0.1) is 0 Å². The highest BCUT2D eigenvalue weighted by Crippen LogP contribution is 2.36. The molecule has 1 aliphatic carbocycles. The molecule has 176 valence electrons. The zero-order chi connectivity index (χ0) is 23.7. The summed E-state index contributed by atoms with van der Waals surface area (Å²) in [6.45, 7) is 1.62. The van der Waals surface area contributed by atoms with Gasteiger partial charge in [-0.15, -0.1) is 0 Å². The van der Waals surface area contributed by atoms with Gasteiger partial charge in [0.15, 0.2) is 5.75 Å². The van der Waals surface area contributed by atoms with Crippen molar-refractivity contribution < 1.29 is 24.2 Å². The second-order valence-corrected chi connectivity index (χ2v) is 9.08. The third-order valence-electron chi connectivity index (χ3n) is 6.47. The van der Waals surface area contributed by atoms with Gasteiger partial charge in [0, 0.05) is 29.9 Å². The average molecular weight is 481 g/mol. The van der Waals surface area contributed by atoms with Crippen LogP contribution in [0.2, 0.25) is 5.02 Å². The summed E-state index contributed by atoms with van der Waals surface area (Å²) in [5, 5.41) is 11.4. The molecule has 2 aromatic carbocycles. The van der Waals surface area contributed by atoms with Crippen LogP contribution >= 0.6 is 11.6 Å². The normalized spacial score (nSPS) is 15.7. The Labute approximate surface area is 202 Å². The van der Waals surface area contributed by atoms with Gasteiger partial charge in [-0.05, 0) is 54.5 Å². The molecule has 0 radical (unpaired) electrons. The molecular formula is C26H25ClN2O5. The molecule has 8 heteroatoms. The number of morpholine rings is 1. The maximum absolute atomic E-state index is 13.0. The number of aryl methyl sites for hydroxylation is 2. The summed E-state index contributed by atoms with van der Waals surface area (Å²) >= 11 is 6.05. The molecule has 3 aromatic rings. The van der Waals surface area contributed by atoms with E-state index >= 15 is 0 Å². The van der Waals surface area contributed by atoms with E-state index in [9.17, 15) is 14.7 Å². The Balaban J connectivity index is 1.67. The fourth-order valence-electron chi connectivity index (χ4n) is 4.73. The first-order valence-electron chi connectivity index (χ1n) is 11.5. The van der Waals surface area contributed by atoms with Crippen LogP contribution in [0.15, 0.2) is 36.4 Å². The number of benzene rings is 2. The number of aromatic carboxylic acids is 1. The van der Waals surface area contributed by atoms with Crippen molar-refractivity contribution >= 4 is 34.6 Å². The van der Waals surface area contributed by atoms with Crippen molar-refractivity contribution in [3.63, 3.8) is 0 Å². The number of aromatic nitrogens is 1. The molecule has 2 aliphatic rings. The van der Waals surface area contributed by atoms with Gasteiger partial charge >= 0.3 is 12.1 Å². The summed E-state index contributed by atoms with van der Waals surface area (Å²) in [6.07, 6.45) is 3.67. The van der Waals surface area contributed by atoms with Crippen LogP contribution in [-0.2, 0) is 24.0 Å². The maximum Gasteiger partial charge on any atom is 0.415 e. The van der Waals surface area contributed by atoms with E-state index in [4.69, 9.17) is 26.1 Å². The van der Waals surface area contributed by atoms with E-state index in [-0.39, 0.29) is 11.3 Å². The lowest BCUT2D eigenvalue weighted by atomic mass is 9.88. The number of rotatable bonds is 4. The average Bonchev–Trinajstić information content (AvgIpc) is 2.86. The smallest absolute Gasteiger partial charge is 0.415 e. The van der Waals surface area contributed by atoms with Crippen LogP contribution in [0.5, 0.6) is 5.75 Å². The summed E-state index contributed by atoms with van der Waals surface area (Å²) in [4.78, 5) is 32.0. The quantitative estimate of drug-likeness (QED) is 0.572. The summed E-state index contributed by atoms with van der Waals surface area (Å²) in [7, 11) is 0. The van der Waals surface area contributed by atoms with Crippen LogP contribution in [0.3, 0.4) is 0 Å². The lowest BCUT2D eigenvalue weighted by Crippen LogP contribution is -2.42. The highest BCUT2D eigenvalue weighted by atomic mass is 35.5. The third kappa shape index (κ3) is 4.45. The Morgan fingerprint density at radius 3 is 2.53 bits per heavy atom. The van der Waals surface area contributed by atoms with Crippen LogP contribution in [-0.4, -0.2) is 53.4 Å². The molecular weight excluding hydrogens is 456 g/mol. The van der Waals surface area contributed by atoms with Gasteiger partial charge in [-0.3, -0.25) is 0 Å². The van der Waals surface area contributed by atoms with Crippen LogP contribution in [0.25, 0.3) is 10.9 Å². The molecule has 1 saturated heterocycles. The minimum absolute atomic E-state index is 0.00204. The third-order valence-corrected chi connectivity index (χ3v) is 6.72. The van der Waals surface area contributed by atoms with Crippen molar-refractivity contribution in [3.8, 4) is 5.75 Å². The predicted octanol–water partition coefficient (Wildman–Crippen LogP) is 4.89. The number of pyridine rings is 1. The van der Waals surface area contributed by atoms with Gasteiger partial charge in [0.2, 0.25) is 0 Å². The summed E-state index contributed by atoms with van der Waals surface area (Å²) in [6, 6.07) is 11.1. The van der Waals surface area contributed by atoms with Gasteiger partial charge < -0.3 is 19.5 Å². The van der Waals surface area contributed by atoms with Gasteiger partial charge in [0.05, 0.1) is 24.4 Å². The van der Waals surface area contributed by atoms with Crippen molar-refractivity contribution in [2.45, 2.75) is 32.1 Å². The molecule has 34 heavy (non-hydrogen) atoms. The molecule has 1 aliphatic heterocycles. The van der Waals surface area contributed by atoms with Crippen molar-refractivity contribution in [2.75, 3.05) is 26.3 Å². The number of nitrogens with zero attached hydrogens (tertiary/aromatic N) is 2. The number of carbonyl (C=O) groups is 2. The fraction of sp³-hybridized carbons (Fsp3) is 0.346. The van der Waals surface area contributed by atoms with E-state index in [2.05, 4.69) is 0 Å². The van der Waals surface area contributed by atoms with Gasteiger partial charge in [-0.1, -0.05) is 35.9 Å². The minimum atomic E-state index is -1.15. The summed E-state index contributed by atoms with van der Waals surface area (Å²) < 4.78 is 11.1. The zero-order valence-electron chi connectivity index (χ0n) is 18.7. The molecule has 0 spiro atoms. The van der Waals surface area contributed by atoms with Crippen LogP contribution < -0.4 is 4.74 Å². The van der Waals surface area contributed by atoms with Gasteiger partial charge in [0.1, 0.15) is 5.56 Å². The van der Waals surface area contributed by atoms with E-state index in [1.807, 2.05) is 18.2 Å². The molecule has 0 unspecified atom stereocenters. The molecule has 0 atom stereocenters. The summed E-state index contributed by atoms with van der Waals surface area (Å²) in [5.41, 5.74) is 4.27. The molecule has 5 rings (SSSR count). The second kappa shape index (κ2) is 9.60. The highest BCUT2D eigenvalue weighted by molar-refractivity contribution is 6.30. The molecule has 1 fully saturated rings. The van der Waals surface area contributed by atoms with E-state index in [0.717, 1.165) is 36.8 Å². The molecule has 1 amide bonds. The van der Waals surface area contributed by atoms with E-state index in [1.165, 1.54) is 10.5 Å². The molecule has 0 bridgehead atoms. The van der Waals surface area contributed by atoms with E-state index < -0.39 is 12.1 Å². The van der Waals surface area contributed by atoms with Gasteiger partial charge in [-0.2, -0.15) is 0 Å². The monoisotopic (exact) mass is 480 g/mol. The lowest BCUT2D eigenvalue weighted by Gasteiger charge is -2.27. The standard InChI is InChI=1S/C26H25ClN2O5/c27-18-8-5-16(6-9-18)15-21-24(34-26(32)29-11-13-33-14-12-29)22(25(30)31)20-10-7-17-3-1-2-4-19(17)23(20)28-21/h5-10H,1-4,11-15H2,(H,30,31). The topological polar surface area (TPSA) is 89.0 Å². The van der Waals surface area contributed by atoms with Crippen LogP contribution in [0.1, 0.15) is 45.6 Å². The minimum Gasteiger partial charge on any atom is -0.478 e. The first-order chi connectivity index (χ1) is 16.5. The van der Waals surface area contributed by atoms with Crippen molar-refractivity contribution in [2.24, 2.45) is 0 Å². The molecule has 1 N–H and O–H groups in total. The fourth-order valence-corrected chi connectivity index (χ4v) is 4.85. The lowest BCUT2D eigenvalue weighted by molar-refractivity contribution is 0.0412. The molecule has 2 heterocycles. The van der Waals surface area contributed by atoms with Crippen molar-refractivity contribution in [1.29, 1.82) is 0 Å². The Kier molecular flexibility index (Phi) is 6.39. The number of amides is 1. The number of hydrogen-bond donors (Lipinski definition) is 1. The van der Waals surface area contributed by atoms with Gasteiger partial charge in [0.25, 0.3) is 0 Å². The molecule has 1 aromatic heterocycles. The Bertz CT molecular complexity index is 1250. The second-order valence-electron chi connectivity index (χ2n) is 8.64. The number of hydrogen-bond acceptors (Lipinski definition) is 5. The maximum atomic E-state index is 13.0. The highest BCUT2D eigenvalue weighted by Gasteiger charge is 2.28. The molecule has 7 nitrogen and oxygen atoms in total.